The van der Waals surface area contributed by atoms with Crippen LogP contribution in [0.25, 0.3) is 0 Å². The van der Waals surface area contributed by atoms with Gasteiger partial charge in [-0.15, -0.1) is 10.2 Å². The zero-order valence-electron chi connectivity index (χ0n) is 8.93. The first-order valence-corrected chi connectivity index (χ1v) is 4.91. The van der Waals surface area contributed by atoms with Gasteiger partial charge in [-0.3, -0.25) is 0 Å². The molecule has 0 atom stereocenters. The van der Waals surface area contributed by atoms with Crippen molar-refractivity contribution < 1.29 is 0 Å². The maximum Gasteiger partial charge on any atom is 0.211 e. The second kappa shape index (κ2) is 5.69. The number of nitrogens with two attached hydrogens (primary N) is 4. The van der Waals surface area contributed by atoms with E-state index in [1.807, 2.05) is 0 Å². The van der Waals surface area contributed by atoms with E-state index in [9.17, 15) is 0 Å². The lowest BCUT2D eigenvalue weighted by atomic mass is 9.96. The fraction of sp³-hybridized carbons (Fsp3) is 0.500. The first-order valence-electron chi connectivity index (χ1n) is 4.91. The van der Waals surface area contributed by atoms with Crippen molar-refractivity contribution in [2.45, 2.75) is 25.7 Å². The van der Waals surface area contributed by atoms with E-state index in [2.05, 4.69) is 20.4 Å². The predicted octanol–water partition coefficient (Wildman–Crippen LogP) is -1.18. The van der Waals surface area contributed by atoms with Crippen LogP contribution in [0.3, 0.4) is 0 Å². The molecule has 1 aliphatic carbocycles. The summed E-state index contributed by atoms with van der Waals surface area (Å²) in [5.74, 6) is -0.168. The van der Waals surface area contributed by atoms with Crippen molar-refractivity contribution in [2.75, 3.05) is 0 Å². The Balaban J connectivity index is 2.87. The van der Waals surface area contributed by atoms with E-state index in [0.717, 1.165) is 37.1 Å². The van der Waals surface area contributed by atoms with Gasteiger partial charge in [0.15, 0.2) is 0 Å². The lowest BCUT2D eigenvalue weighted by Gasteiger charge is -2.12. The second-order valence-corrected chi connectivity index (χ2v) is 3.35. The Labute approximate surface area is 93.2 Å². The average molecular weight is 224 g/mol. The summed E-state index contributed by atoms with van der Waals surface area (Å²) in [5.41, 5.74) is 22.2. The first-order chi connectivity index (χ1) is 7.59. The molecule has 0 heterocycles. The van der Waals surface area contributed by atoms with Gasteiger partial charge in [0.1, 0.15) is 0 Å². The van der Waals surface area contributed by atoms with Crippen molar-refractivity contribution >= 4 is 23.3 Å². The van der Waals surface area contributed by atoms with Crippen LogP contribution < -0.4 is 22.9 Å². The van der Waals surface area contributed by atoms with E-state index < -0.39 is 0 Å². The number of hydrogen-bond acceptors (Lipinski definition) is 4. The van der Waals surface area contributed by atoms with Crippen molar-refractivity contribution in [2.24, 2.45) is 43.3 Å². The van der Waals surface area contributed by atoms with Gasteiger partial charge in [-0.1, -0.05) is 0 Å². The third-order valence-corrected chi connectivity index (χ3v) is 1.98. The maximum absolute atomic E-state index is 5.19. The quantitative estimate of drug-likeness (QED) is 0.265. The molecule has 0 unspecified atom stereocenters. The zero-order valence-corrected chi connectivity index (χ0v) is 8.93. The van der Waals surface area contributed by atoms with Gasteiger partial charge in [0.2, 0.25) is 11.9 Å². The summed E-state index contributed by atoms with van der Waals surface area (Å²) in [4.78, 5) is 0. The molecule has 0 aromatic heterocycles. The minimum absolute atomic E-state index is 0.0840. The van der Waals surface area contributed by atoms with Crippen LogP contribution in [0.4, 0.5) is 0 Å². The lowest BCUT2D eigenvalue weighted by molar-refractivity contribution is 0.772. The minimum Gasteiger partial charge on any atom is -0.369 e. The molecule has 1 rings (SSSR count). The Morgan fingerprint density at radius 3 is 1.44 bits per heavy atom. The predicted molar refractivity (Wildman–Crippen MR) is 65.0 cm³/mol. The molecule has 16 heavy (non-hydrogen) atoms. The second-order valence-electron chi connectivity index (χ2n) is 3.35. The summed E-state index contributed by atoms with van der Waals surface area (Å²) in [7, 11) is 0. The Bertz CT molecular complexity index is 320. The molecular weight excluding hydrogens is 208 g/mol. The molecule has 1 aliphatic rings. The Hall–Kier alpha value is -2.12. The lowest BCUT2D eigenvalue weighted by Crippen LogP contribution is -2.24. The first kappa shape index (κ1) is 12.0. The van der Waals surface area contributed by atoms with Crippen LogP contribution in [-0.4, -0.2) is 23.3 Å². The normalized spacial score (nSPS) is 20.8. The van der Waals surface area contributed by atoms with Crippen molar-refractivity contribution in [1.29, 1.82) is 0 Å². The van der Waals surface area contributed by atoms with Crippen LogP contribution in [0.2, 0.25) is 0 Å². The standard InChI is InChI=1S/C8H16N8/c9-7(10)15-13-5-3-1-2-4-6(5)14-16-8(11)12/h1-4H2,(H4,9,10,15)(H4,11,12,16)/b13-5-,14-6+. The summed E-state index contributed by atoms with van der Waals surface area (Å²) < 4.78 is 0. The summed E-state index contributed by atoms with van der Waals surface area (Å²) in [6.07, 6.45) is 3.60. The number of guanidine groups is 2. The van der Waals surface area contributed by atoms with Crippen LogP contribution in [0.1, 0.15) is 25.7 Å². The van der Waals surface area contributed by atoms with Crippen LogP contribution in [0, 0.1) is 0 Å². The summed E-state index contributed by atoms with van der Waals surface area (Å²) in [6.45, 7) is 0. The monoisotopic (exact) mass is 224 g/mol. The van der Waals surface area contributed by atoms with Crippen LogP contribution >= 0.6 is 0 Å². The highest BCUT2D eigenvalue weighted by molar-refractivity contribution is 6.42. The van der Waals surface area contributed by atoms with E-state index in [1.165, 1.54) is 0 Å². The van der Waals surface area contributed by atoms with Crippen molar-refractivity contribution in [3.8, 4) is 0 Å². The summed E-state index contributed by atoms with van der Waals surface area (Å²) >= 11 is 0. The highest BCUT2D eigenvalue weighted by atomic mass is 15.3. The van der Waals surface area contributed by atoms with Gasteiger partial charge in [-0.25, -0.2) is 0 Å². The molecule has 0 aromatic rings. The maximum atomic E-state index is 5.19. The Kier molecular flexibility index (Phi) is 4.25. The summed E-state index contributed by atoms with van der Waals surface area (Å²) in [6, 6.07) is 0. The zero-order chi connectivity index (χ0) is 12.0. The fourth-order valence-electron chi connectivity index (χ4n) is 1.33. The topological polar surface area (TPSA) is 154 Å². The molecule has 1 saturated carbocycles. The molecule has 88 valence electrons. The number of hydrogen-bond donors (Lipinski definition) is 4. The molecule has 1 fully saturated rings. The van der Waals surface area contributed by atoms with Gasteiger partial charge >= 0.3 is 0 Å². The number of rotatable bonds is 2. The highest BCUT2D eigenvalue weighted by Crippen LogP contribution is 2.13. The highest BCUT2D eigenvalue weighted by Gasteiger charge is 2.15. The van der Waals surface area contributed by atoms with Gasteiger partial charge in [0.25, 0.3) is 0 Å². The number of nitrogens with zero attached hydrogens (tertiary/aromatic N) is 4. The van der Waals surface area contributed by atoms with E-state index in [0.29, 0.717) is 0 Å². The average Bonchev–Trinajstić information content (AvgIpc) is 2.24. The van der Waals surface area contributed by atoms with Gasteiger partial charge in [-0.2, -0.15) is 10.2 Å². The molecule has 0 radical (unpaired) electrons. The van der Waals surface area contributed by atoms with Gasteiger partial charge < -0.3 is 22.9 Å². The minimum atomic E-state index is -0.0840. The molecule has 0 saturated heterocycles. The van der Waals surface area contributed by atoms with Crippen molar-refractivity contribution in [3.63, 3.8) is 0 Å². The van der Waals surface area contributed by atoms with E-state index >= 15 is 0 Å². The molecule has 0 spiro atoms. The van der Waals surface area contributed by atoms with E-state index in [4.69, 9.17) is 22.9 Å². The third kappa shape index (κ3) is 3.95. The molecule has 0 aromatic carbocycles. The van der Waals surface area contributed by atoms with Gasteiger partial charge in [-0.05, 0) is 25.7 Å². The van der Waals surface area contributed by atoms with E-state index in [-0.39, 0.29) is 11.9 Å². The molecule has 0 aliphatic heterocycles. The SMILES string of the molecule is NC(N)=N/N=C1/CCCC/C1=N\N=C(N)N. The van der Waals surface area contributed by atoms with Crippen LogP contribution in [0.15, 0.2) is 20.4 Å². The molecule has 0 bridgehead atoms. The van der Waals surface area contributed by atoms with Crippen LogP contribution in [-0.2, 0) is 0 Å². The van der Waals surface area contributed by atoms with E-state index in [1.54, 1.807) is 0 Å². The molecule has 8 heteroatoms. The molecule has 8 N–H and O–H groups in total. The molecule has 8 nitrogen and oxygen atoms in total. The Morgan fingerprint density at radius 1 is 0.750 bits per heavy atom. The van der Waals surface area contributed by atoms with Gasteiger partial charge in [0, 0.05) is 0 Å². The fourth-order valence-corrected chi connectivity index (χ4v) is 1.33. The van der Waals surface area contributed by atoms with Crippen LogP contribution in [0.5, 0.6) is 0 Å². The third-order valence-electron chi connectivity index (χ3n) is 1.98. The smallest absolute Gasteiger partial charge is 0.211 e. The molecule has 0 amide bonds. The Morgan fingerprint density at radius 2 is 1.12 bits per heavy atom. The van der Waals surface area contributed by atoms with Gasteiger partial charge in [0.05, 0.1) is 11.4 Å². The summed E-state index contributed by atoms with van der Waals surface area (Å²) in [5, 5.41) is 15.0. The largest absolute Gasteiger partial charge is 0.369 e. The van der Waals surface area contributed by atoms with Crippen molar-refractivity contribution in [3.05, 3.63) is 0 Å². The molecular formula is C8H16N8. The van der Waals surface area contributed by atoms with Crippen molar-refractivity contribution in [1.82, 2.24) is 0 Å².